The number of aliphatic hydroxyl groups is 2. The molecule has 0 unspecified atom stereocenters. The van der Waals surface area contributed by atoms with Crippen molar-refractivity contribution in [3.8, 4) is 28.6 Å². The second-order valence-corrected chi connectivity index (χ2v) is 4.52. The summed E-state index contributed by atoms with van der Waals surface area (Å²) < 4.78 is 5.34. The summed E-state index contributed by atoms with van der Waals surface area (Å²) >= 11 is 0. The van der Waals surface area contributed by atoms with Crippen LogP contribution in [0.2, 0.25) is 0 Å². The normalized spacial score (nSPS) is 13.3. The van der Waals surface area contributed by atoms with Gasteiger partial charge in [-0.15, -0.1) is 0 Å². The fourth-order valence-corrected chi connectivity index (χ4v) is 2.01. The number of rotatable bonds is 2. The highest BCUT2D eigenvalue weighted by Crippen LogP contribution is 2.34. The Kier molecular flexibility index (Phi) is 4.09. The second-order valence-electron chi connectivity index (χ2n) is 4.52. The van der Waals surface area contributed by atoms with E-state index in [1.807, 2.05) is 0 Å². The molecule has 2 rings (SSSR count). The van der Waals surface area contributed by atoms with Crippen molar-refractivity contribution in [1.29, 1.82) is 0 Å². The van der Waals surface area contributed by atoms with Gasteiger partial charge in [-0.05, 0) is 25.1 Å². The number of phenolic OH excluding ortho intramolecular Hbond substituents is 2. The fourth-order valence-electron chi connectivity index (χ4n) is 2.01. The van der Waals surface area contributed by atoms with Crippen LogP contribution in [-0.2, 0) is 0 Å². The first kappa shape index (κ1) is 15.5. The standard InChI is InChI=1S/C15H14O7/c1-7(17)12-11(4-5-16)22-15(14(21)13(12)20)9-3-2-8(18)6-10(9)19/h2-4,6,16-19,21H,5H2,1H3/b11-4+,12-7-. The van der Waals surface area contributed by atoms with E-state index in [-0.39, 0.29) is 33.5 Å². The van der Waals surface area contributed by atoms with Gasteiger partial charge in [0.2, 0.25) is 11.2 Å². The molecule has 0 aliphatic rings. The number of aromatic hydroxyl groups is 3. The third-order valence-electron chi connectivity index (χ3n) is 2.98. The van der Waals surface area contributed by atoms with Crippen LogP contribution < -0.4 is 16.1 Å². The summed E-state index contributed by atoms with van der Waals surface area (Å²) in [5.74, 6) is -2.15. The van der Waals surface area contributed by atoms with Gasteiger partial charge in [0.1, 0.15) is 27.9 Å². The highest BCUT2D eigenvalue weighted by Gasteiger charge is 2.18. The van der Waals surface area contributed by atoms with Gasteiger partial charge < -0.3 is 29.9 Å². The van der Waals surface area contributed by atoms with Gasteiger partial charge in [0, 0.05) is 6.07 Å². The van der Waals surface area contributed by atoms with Crippen LogP contribution in [0, 0.1) is 0 Å². The van der Waals surface area contributed by atoms with Gasteiger partial charge in [0.15, 0.2) is 5.76 Å². The molecule has 1 aromatic carbocycles. The molecule has 0 radical (unpaired) electrons. The molecule has 0 spiro atoms. The Morgan fingerprint density at radius 2 is 1.95 bits per heavy atom. The molecule has 2 aromatic rings. The summed E-state index contributed by atoms with van der Waals surface area (Å²) in [6, 6.07) is 3.50. The molecular formula is C15H14O7. The highest BCUT2D eigenvalue weighted by atomic mass is 16.4. The Balaban J connectivity index is 2.94. The second kappa shape index (κ2) is 5.82. The fraction of sp³-hybridized carbons (Fsp3) is 0.133. The number of aliphatic hydroxyl groups excluding tert-OH is 2. The third kappa shape index (κ3) is 2.61. The molecule has 0 fully saturated rings. The minimum Gasteiger partial charge on any atom is -0.512 e. The van der Waals surface area contributed by atoms with E-state index in [9.17, 15) is 25.2 Å². The van der Waals surface area contributed by atoms with Gasteiger partial charge in [0.25, 0.3) is 0 Å². The number of hydrogen-bond donors (Lipinski definition) is 5. The van der Waals surface area contributed by atoms with Crippen LogP contribution in [-0.4, -0.2) is 32.1 Å². The monoisotopic (exact) mass is 306 g/mol. The van der Waals surface area contributed by atoms with Crippen molar-refractivity contribution in [3.63, 3.8) is 0 Å². The average Bonchev–Trinajstić information content (AvgIpc) is 2.43. The predicted octanol–water partition coefficient (Wildman–Crippen LogP) is -0.117. The van der Waals surface area contributed by atoms with E-state index in [1.165, 1.54) is 19.1 Å². The van der Waals surface area contributed by atoms with Gasteiger partial charge in [-0.3, -0.25) is 4.79 Å². The zero-order valence-corrected chi connectivity index (χ0v) is 11.6. The maximum atomic E-state index is 12.2. The van der Waals surface area contributed by atoms with Gasteiger partial charge in [0.05, 0.1) is 12.2 Å². The van der Waals surface area contributed by atoms with Crippen molar-refractivity contribution < 1.29 is 29.9 Å². The maximum absolute atomic E-state index is 12.2. The van der Waals surface area contributed by atoms with Crippen LogP contribution >= 0.6 is 0 Å². The predicted molar refractivity (Wildman–Crippen MR) is 77.9 cm³/mol. The lowest BCUT2D eigenvalue weighted by Gasteiger charge is -2.07. The summed E-state index contributed by atoms with van der Waals surface area (Å²) in [5, 5.41) is 47.3. The van der Waals surface area contributed by atoms with Crippen LogP contribution in [0.5, 0.6) is 17.2 Å². The molecule has 5 N–H and O–H groups in total. The van der Waals surface area contributed by atoms with E-state index in [1.54, 1.807) is 0 Å². The SMILES string of the molecule is C/C(O)=c1/c(=O)c(O)c(-c2ccc(O)cc2O)o/c1=C/CO. The minimum absolute atomic E-state index is 0.0258. The zero-order chi connectivity index (χ0) is 16.4. The van der Waals surface area contributed by atoms with Crippen molar-refractivity contribution in [3.05, 3.63) is 39.1 Å². The van der Waals surface area contributed by atoms with Gasteiger partial charge in [-0.2, -0.15) is 0 Å². The smallest absolute Gasteiger partial charge is 0.238 e. The molecule has 1 aromatic heterocycles. The van der Waals surface area contributed by atoms with E-state index in [4.69, 9.17) is 9.52 Å². The number of hydrogen-bond acceptors (Lipinski definition) is 7. The highest BCUT2D eigenvalue weighted by molar-refractivity contribution is 5.71. The quantitative estimate of drug-likeness (QED) is 0.523. The average molecular weight is 306 g/mol. The zero-order valence-electron chi connectivity index (χ0n) is 11.6. The van der Waals surface area contributed by atoms with Gasteiger partial charge in [-0.1, -0.05) is 0 Å². The van der Waals surface area contributed by atoms with Gasteiger partial charge >= 0.3 is 0 Å². The molecule has 0 atom stereocenters. The minimum atomic E-state index is -0.909. The van der Waals surface area contributed by atoms with Crippen LogP contribution in [0.1, 0.15) is 6.92 Å². The molecule has 0 aliphatic heterocycles. The topological polar surface area (TPSA) is 131 Å². The van der Waals surface area contributed by atoms with E-state index < -0.39 is 23.5 Å². The molecule has 0 saturated carbocycles. The van der Waals surface area contributed by atoms with Crippen molar-refractivity contribution in [2.24, 2.45) is 0 Å². The van der Waals surface area contributed by atoms with Crippen LogP contribution in [0.15, 0.2) is 27.4 Å². The molecule has 7 heteroatoms. The van der Waals surface area contributed by atoms with E-state index in [0.29, 0.717) is 0 Å². The molecule has 0 saturated heterocycles. The van der Waals surface area contributed by atoms with Crippen molar-refractivity contribution in [2.75, 3.05) is 6.61 Å². The summed E-state index contributed by atoms with van der Waals surface area (Å²) in [4.78, 5) is 12.2. The lowest BCUT2D eigenvalue weighted by Crippen LogP contribution is -2.40. The summed E-state index contributed by atoms with van der Waals surface area (Å²) in [6.45, 7) is 0.771. The third-order valence-corrected chi connectivity index (χ3v) is 2.98. The van der Waals surface area contributed by atoms with Crippen LogP contribution in [0.4, 0.5) is 0 Å². The molecule has 0 aliphatic carbocycles. The van der Waals surface area contributed by atoms with E-state index in [0.717, 1.165) is 12.1 Å². The largest absolute Gasteiger partial charge is 0.512 e. The lowest BCUT2D eigenvalue weighted by molar-refractivity contribution is 0.351. The summed E-state index contributed by atoms with van der Waals surface area (Å²) in [6.07, 6.45) is 1.14. The first-order valence-electron chi connectivity index (χ1n) is 6.26. The summed E-state index contributed by atoms with van der Waals surface area (Å²) in [5.41, 5.74) is -1.08. The molecule has 116 valence electrons. The Hall–Kier alpha value is -2.93. The number of phenols is 2. The molecule has 0 amide bonds. The van der Waals surface area contributed by atoms with Crippen molar-refractivity contribution in [1.82, 2.24) is 0 Å². The molecule has 1 heterocycles. The number of benzene rings is 1. The lowest BCUT2D eigenvalue weighted by atomic mass is 10.1. The Bertz CT molecular complexity index is 889. The van der Waals surface area contributed by atoms with Crippen LogP contribution in [0.3, 0.4) is 0 Å². The van der Waals surface area contributed by atoms with Gasteiger partial charge in [-0.25, -0.2) is 0 Å². The Labute approximate surface area is 124 Å². The van der Waals surface area contributed by atoms with Crippen LogP contribution in [0.25, 0.3) is 23.2 Å². The Morgan fingerprint density at radius 3 is 2.50 bits per heavy atom. The first-order chi connectivity index (χ1) is 10.4. The van der Waals surface area contributed by atoms with E-state index >= 15 is 0 Å². The molecular weight excluding hydrogens is 292 g/mol. The van der Waals surface area contributed by atoms with E-state index in [2.05, 4.69) is 0 Å². The van der Waals surface area contributed by atoms with Crippen molar-refractivity contribution >= 4 is 11.8 Å². The Morgan fingerprint density at radius 1 is 1.27 bits per heavy atom. The molecule has 0 bridgehead atoms. The first-order valence-corrected chi connectivity index (χ1v) is 6.26. The molecule has 22 heavy (non-hydrogen) atoms. The van der Waals surface area contributed by atoms with Crippen molar-refractivity contribution in [2.45, 2.75) is 6.92 Å². The summed E-state index contributed by atoms with van der Waals surface area (Å²) in [7, 11) is 0. The molecule has 7 nitrogen and oxygen atoms in total. The maximum Gasteiger partial charge on any atom is 0.238 e.